The molecular weight excluding hydrogens is 287 g/mol. The summed E-state index contributed by atoms with van der Waals surface area (Å²) in [5.74, 6) is -0.195. The Morgan fingerprint density at radius 1 is 1.10 bits per heavy atom. The molecule has 0 aliphatic heterocycles. The molecule has 6 heteroatoms. The summed E-state index contributed by atoms with van der Waals surface area (Å²) in [6.45, 7) is 1.46. The zero-order valence-electron chi connectivity index (χ0n) is 10.6. The summed E-state index contributed by atoms with van der Waals surface area (Å²) in [7, 11) is 0. The second-order valence-corrected chi connectivity index (χ2v) is 5.23. The summed E-state index contributed by atoms with van der Waals surface area (Å²) in [5, 5.41) is 5.29. The molecule has 0 unspecified atom stereocenters. The fraction of sp³-hybridized carbons (Fsp3) is 0.286. The van der Waals surface area contributed by atoms with Crippen molar-refractivity contribution in [1.82, 2.24) is 5.32 Å². The Bertz CT molecular complexity index is 508. The Morgan fingerprint density at radius 3 is 2.45 bits per heavy atom. The van der Waals surface area contributed by atoms with E-state index < -0.39 is 6.36 Å². The van der Waals surface area contributed by atoms with E-state index >= 15 is 0 Å². The minimum absolute atomic E-state index is 0.195. The van der Waals surface area contributed by atoms with E-state index in [0.29, 0.717) is 6.54 Å². The monoisotopic (exact) mass is 301 g/mol. The van der Waals surface area contributed by atoms with E-state index in [1.54, 1.807) is 23.5 Å². The van der Waals surface area contributed by atoms with Gasteiger partial charge in [-0.05, 0) is 35.6 Å². The SMILES string of the molecule is FC(F)(F)Oc1ccc(CNCCc2cccs2)cc1. The number of benzene rings is 1. The Morgan fingerprint density at radius 2 is 1.85 bits per heavy atom. The van der Waals surface area contributed by atoms with Crippen molar-refractivity contribution >= 4 is 11.3 Å². The molecule has 0 saturated heterocycles. The van der Waals surface area contributed by atoms with Crippen LogP contribution in [0.3, 0.4) is 0 Å². The van der Waals surface area contributed by atoms with Crippen LogP contribution in [0.2, 0.25) is 0 Å². The van der Waals surface area contributed by atoms with Gasteiger partial charge < -0.3 is 10.1 Å². The van der Waals surface area contributed by atoms with Gasteiger partial charge in [-0.2, -0.15) is 0 Å². The number of rotatable bonds is 6. The third kappa shape index (κ3) is 5.22. The predicted octanol–water partition coefficient (Wildman–Crippen LogP) is 3.98. The van der Waals surface area contributed by atoms with Crippen LogP contribution in [0.25, 0.3) is 0 Å². The molecular formula is C14H14F3NOS. The van der Waals surface area contributed by atoms with E-state index in [9.17, 15) is 13.2 Å². The van der Waals surface area contributed by atoms with Gasteiger partial charge >= 0.3 is 6.36 Å². The van der Waals surface area contributed by atoms with Crippen LogP contribution in [0.4, 0.5) is 13.2 Å². The van der Waals surface area contributed by atoms with Gasteiger partial charge in [-0.15, -0.1) is 24.5 Å². The molecule has 1 heterocycles. The van der Waals surface area contributed by atoms with Crippen LogP contribution in [0, 0.1) is 0 Å². The van der Waals surface area contributed by atoms with E-state index in [1.807, 2.05) is 11.4 Å². The lowest BCUT2D eigenvalue weighted by molar-refractivity contribution is -0.274. The van der Waals surface area contributed by atoms with Crippen molar-refractivity contribution in [3.63, 3.8) is 0 Å². The largest absolute Gasteiger partial charge is 0.573 e. The lowest BCUT2D eigenvalue weighted by atomic mass is 10.2. The quantitative estimate of drug-likeness (QED) is 0.815. The average molecular weight is 301 g/mol. The maximum atomic E-state index is 12.0. The highest BCUT2D eigenvalue weighted by atomic mass is 32.1. The number of hydrogen-bond donors (Lipinski definition) is 1. The first-order valence-electron chi connectivity index (χ1n) is 6.11. The van der Waals surface area contributed by atoms with Crippen molar-refractivity contribution in [2.75, 3.05) is 6.54 Å². The Kier molecular flexibility index (Phi) is 5.03. The van der Waals surface area contributed by atoms with Gasteiger partial charge in [0.2, 0.25) is 0 Å². The molecule has 20 heavy (non-hydrogen) atoms. The maximum Gasteiger partial charge on any atom is 0.573 e. The molecule has 0 spiro atoms. The van der Waals surface area contributed by atoms with Gasteiger partial charge in [0.05, 0.1) is 0 Å². The van der Waals surface area contributed by atoms with Crippen LogP contribution in [-0.2, 0) is 13.0 Å². The molecule has 108 valence electrons. The fourth-order valence-corrected chi connectivity index (χ4v) is 2.42. The summed E-state index contributed by atoms with van der Waals surface area (Å²) in [4.78, 5) is 1.31. The van der Waals surface area contributed by atoms with Crippen molar-refractivity contribution in [2.24, 2.45) is 0 Å². The van der Waals surface area contributed by atoms with Gasteiger partial charge in [0.1, 0.15) is 5.75 Å². The molecule has 1 aromatic heterocycles. The summed E-state index contributed by atoms with van der Waals surface area (Å²) < 4.78 is 39.8. The topological polar surface area (TPSA) is 21.3 Å². The van der Waals surface area contributed by atoms with Gasteiger partial charge in [0, 0.05) is 18.0 Å². The summed E-state index contributed by atoms with van der Waals surface area (Å²) in [6.07, 6.45) is -3.69. The predicted molar refractivity (Wildman–Crippen MR) is 72.9 cm³/mol. The van der Waals surface area contributed by atoms with Gasteiger partial charge in [-0.3, -0.25) is 0 Å². The summed E-state index contributed by atoms with van der Waals surface area (Å²) in [6, 6.07) is 9.99. The normalized spacial score (nSPS) is 11.6. The number of hydrogen-bond acceptors (Lipinski definition) is 3. The zero-order valence-corrected chi connectivity index (χ0v) is 11.4. The minimum atomic E-state index is -4.64. The van der Waals surface area contributed by atoms with Crippen LogP contribution in [-0.4, -0.2) is 12.9 Å². The molecule has 0 bridgehead atoms. The third-order valence-electron chi connectivity index (χ3n) is 2.61. The molecule has 0 atom stereocenters. The van der Waals surface area contributed by atoms with Gasteiger partial charge in [-0.25, -0.2) is 0 Å². The van der Waals surface area contributed by atoms with Crippen molar-refractivity contribution < 1.29 is 17.9 Å². The number of alkyl halides is 3. The fourth-order valence-electron chi connectivity index (χ4n) is 1.71. The van der Waals surface area contributed by atoms with E-state index in [1.165, 1.54) is 17.0 Å². The molecule has 0 radical (unpaired) electrons. The highest BCUT2D eigenvalue weighted by Crippen LogP contribution is 2.22. The van der Waals surface area contributed by atoms with E-state index in [4.69, 9.17) is 0 Å². The van der Waals surface area contributed by atoms with Crippen LogP contribution in [0.15, 0.2) is 41.8 Å². The summed E-state index contributed by atoms with van der Waals surface area (Å²) >= 11 is 1.71. The van der Waals surface area contributed by atoms with Crippen molar-refractivity contribution in [2.45, 2.75) is 19.3 Å². The number of halogens is 3. The first kappa shape index (κ1) is 14.9. The Labute approximate surface area is 119 Å². The second-order valence-electron chi connectivity index (χ2n) is 4.20. The number of ether oxygens (including phenoxy) is 1. The summed E-state index contributed by atoms with van der Waals surface area (Å²) in [5.41, 5.74) is 0.922. The zero-order chi connectivity index (χ0) is 14.4. The Hall–Kier alpha value is -1.53. The number of nitrogens with one attached hydrogen (secondary N) is 1. The molecule has 0 aliphatic rings. The molecule has 1 aromatic carbocycles. The molecule has 1 N–H and O–H groups in total. The van der Waals surface area contributed by atoms with Crippen LogP contribution >= 0.6 is 11.3 Å². The van der Waals surface area contributed by atoms with E-state index in [-0.39, 0.29) is 5.75 Å². The van der Waals surface area contributed by atoms with E-state index in [2.05, 4.69) is 16.1 Å². The molecule has 0 fully saturated rings. The smallest absolute Gasteiger partial charge is 0.406 e. The van der Waals surface area contributed by atoms with Crippen LogP contribution in [0.1, 0.15) is 10.4 Å². The molecule has 0 aliphatic carbocycles. The van der Waals surface area contributed by atoms with Crippen molar-refractivity contribution in [3.8, 4) is 5.75 Å². The third-order valence-corrected chi connectivity index (χ3v) is 3.55. The Balaban J connectivity index is 1.73. The maximum absolute atomic E-state index is 12.0. The average Bonchev–Trinajstić information content (AvgIpc) is 2.88. The van der Waals surface area contributed by atoms with Crippen molar-refractivity contribution in [1.29, 1.82) is 0 Å². The number of thiophene rings is 1. The highest BCUT2D eigenvalue weighted by Gasteiger charge is 2.30. The second kappa shape index (κ2) is 6.76. The van der Waals surface area contributed by atoms with Gasteiger partial charge in [-0.1, -0.05) is 18.2 Å². The lowest BCUT2D eigenvalue weighted by Gasteiger charge is -2.09. The molecule has 2 nitrogen and oxygen atoms in total. The first-order valence-corrected chi connectivity index (χ1v) is 6.99. The van der Waals surface area contributed by atoms with Crippen LogP contribution in [0.5, 0.6) is 5.75 Å². The molecule has 2 aromatic rings. The lowest BCUT2D eigenvalue weighted by Crippen LogP contribution is -2.18. The van der Waals surface area contributed by atoms with Gasteiger partial charge in [0.15, 0.2) is 0 Å². The highest BCUT2D eigenvalue weighted by molar-refractivity contribution is 7.09. The standard InChI is InChI=1S/C14H14F3NOS/c15-14(16,17)19-12-5-3-11(4-6-12)10-18-8-7-13-2-1-9-20-13/h1-6,9,18H,7-8,10H2. The van der Waals surface area contributed by atoms with Gasteiger partial charge in [0.25, 0.3) is 0 Å². The first-order chi connectivity index (χ1) is 9.53. The minimum Gasteiger partial charge on any atom is -0.406 e. The molecule has 2 rings (SSSR count). The van der Waals surface area contributed by atoms with E-state index in [0.717, 1.165) is 18.5 Å². The van der Waals surface area contributed by atoms with Crippen LogP contribution < -0.4 is 10.1 Å². The molecule has 0 saturated carbocycles. The van der Waals surface area contributed by atoms with Crippen molar-refractivity contribution in [3.05, 3.63) is 52.2 Å². The molecule has 0 amide bonds.